The molecule has 0 spiro atoms. The van der Waals surface area contributed by atoms with Gasteiger partial charge in [0.15, 0.2) is 5.82 Å². The van der Waals surface area contributed by atoms with Crippen LogP contribution in [0, 0.1) is 27.7 Å². The van der Waals surface area contributed by atoms with Crippen LogP contribution < -0.4 is 5.32 Å². The van der Waals surface area contributed by atoms with Crippen LogP contribution in [0.1, 0.15) is 32.9 Å². The molecule has 1 N–H and O–H groups in total. The Kier molecular flexibility index (Phi) is 5.74. The molecule has 1 amide bonds. The van der Waals surface area contributed by atoms with Crippen LogP contribution in [0.5, 0.6) is 0 Å². The van der Waals surface area contributed by atoms with Crippen LogP contribution >= 0.6 is 15.9 Å². The maximum atomic E-state index is 13.0. The molecule has 0 saturated carbocycles. The lowest BCUT2D eigenvalue weighted by Crippen LogP contribution is -2.15. The first kappa shape index (κ1) is 21.0. The minimum Gasteiger partial charge on any atom is -0.319 e. The van der Waals surface area contributed by atoms with Crippen molar-refractivity contribution in [1.29, 1.82) is 0 Å². The number of anilines is 1. The van der Waals surface area contributed by atoms with Gasteiger partial charge in [-0.15, -0.1) is 5.10 Å². The molecule has 0 unspecified atom stereocenters. The standard InChI is InChI=1S/C25H23BrN4O/c1-15-6-5-7-19(12-15)24-28-23(25(31)27-21-11-10-20(26)14-18(21)4)29-30(24)22-13-16(2)8-9-17(22)3/h5-14H,1-4H3,(H,27,31). The summed E-state index contributed by atoms with van der Waals surface area (Å²) in [6.45, 7) is 8.05. The lowest BCUT2D eigenvalue weighted by Gasteiger charge is -2.10. The first-order chi connectivity index (χ1) is 14.8. The number of benzene rings is 3. The van der Waals surface area contributed by atoms with E-state index >= 15 is 0 Å². The summed E-state index contributed by atoms with van der Waals surface area (Å²) in [5.74, 6) is 0.415. The normalized spacial score (nSPS) is 10.9. The number of carbonyl (C=O) groups excluding carboxylic acids is 1. The summed E-state index contributed by atoms with van der Waals surface area (Å²) in [5.41, 5.74) is 6.78. The topological polar surface area (TPSA) is 59.8 Å². The number of aryl methyl sites for hydroxylation is 4. The van der Waals surface area contributed by atoms with Gasteiger partial charge in [-0.25, -0.2) is 9.67 Å². The molecule has 0 aliphatic heterocycles. The zero-order valence-electron chi connectivity index (χ0n) is 17.9. The Bertz CT molecular complexity index is 1290. The van der Waals surface area contributed by atoms with Crippen LogP contribution in [0.3, 0.4) is 0 Å². The van der Waals surface area contributed by atoms with Gasteiger partial charge in [-0.2, -0.15) is 0 Å². The van der Waals surface area contributed by atoms with Crippen molar-refractivity contribution >= 4 is 27.5 Å². The van der Waals surface area contributed by atoms with Crippen LogP contribution in [0.2, 0.25) is 0 Å². The van der Waals surface area contributed by atoms with Gasteiger partial charge >= 0.3 is 0 Å². The summed E-state index contributed by atoms with van der Waals surface area (Å²) in [6.07, 6.45) is 0. The van der Waals surface area contributed by atoms with Crippen LogP contribution in [0.4, 0.5) is 5.69 Å². The highest BCUT2D eigenvalue weighted by Crippen LogP contribution is 2.26. The smallest absolute Gasteiger partial charge is 0.295 e. The summed E-state index contributed by atoms with van der Waals surface area (Å²) < 4.78 is 2.72. The number of hydrogen-bond acceptors (Lipinski definition) is 3. The summed E-state index contributed by atoms with van der Waals surface area (Å²) in [7, 11) is 0. The summed E-state index contributed by atoms with van der Waals surface area (Å²) in [4.78, 5) is 17.7. The van der Waals surface area contributed by atoms with Crippen molar-refractivity contribution in [3.63, 3.8) is 0 Å². The van der Waals surface area contributed by atoms with Crippen molar-refractivity contribution in [2.45, 2.75) is 27.7 Å². The third-order valence-corrected chi connectivity index (χ3v) is 5.61. The van der Waals surface area contributed by atoms with E-state index in [-0.39, 0.29) is 11.7 Å². The van der Waals surface area contributed by atoms with Gasteiger partial charge in [-0.3, -0.25) is 4.79 Å². The van der Waals surface area contributed by atoms with Crippen molar-refractivity contribution in [1.82, 2.24) is 14.8 Å². The third-order valence-electron chi connectivity index (χ3n) is 5.12. The number of carbonyl (C=O) groups is 1. The highest BCUT2D eigenvalue weighted by atomic mass is 79.9. The van der Waals surface area contributed by atoms with Gasteiger partial charge < -0.3 is 5.32 Å². The Labute approximate surface area is 190 Å². The Morgan fingerprint density at radius 3 is 2.42 bits per heavy atom. The maximum Gasteiger partial charge on any atom is 0.295 e. The second-order valence-corrected chi connectivity index (χ2v) is 8.66. The molecule has 0 radical (unpaired) electrons. The van der Waals surface area contributed by atoms with E-state index in [0.717, 1.165) is 43.7 Å². The molecule has 3 aromatic carbocycles. The second kappa shape index (κ2) is 8.47. The van der Waals surface area contributed by atoms with E-state index in [1.54, 1.807) is 4.68 Å². The quantitative estimate of drug-likeness (QED) is 0.383. The Morgan fingerprint density at radius 1 is 0.903 bits per heavy atom. The molecule has 0 saturated heterocycles. The average molecular weight is 475 g/mol. The summed E-state index contributed by atoms with van der Waals surface area (Å²) >= 11 is 3.45. The molecule has 0 bridgehead atoms. The number of hydrogen-bond donors (Lipinski definition) is 1. The highest BCUT2D eigenvalue weighted by Gasteiger charge is 2.20. The second-order valence-electron chi connectivity index (χ2n) is 7.74. The number of aromatic nitrogens is 3. The van der Waals surface area contributed by atoms with E-state index in [1.807, 2.05) is 70.2 Å². The molecule has 156 valence electrons. The fourth-order valence-corrected chi connectivity index (χ4v) is 3.92. The fraction of sp³-hybridized carbons (Fsp3) is 0.160. The molecule has 0 aliphatic carbocycles. The molecule has 4 rings (SSSR count). The van der Waals surface area contributed by atoms with Crippen molar-refractivity contribution in [3.05, 3.63) is 93.2 Å². The number of nitrogens with zero attached hydrogens (tertiary/aromatic N) is 3. The minimum atomic E-state index is -0.344. The van der Waals surface area contributed by atoms with Gasteiger partial charge in [0, 0.05) is 15.7 Å². The van der Waals surface area contributed by atoms with Crippen molar-refractivity contribution in [3.8, 4) is 17.1 Å². The SMILES string of the molecule is Cc1cccc(-c2nc(C(=O)Nc3ccc(Br)cc3C)nn2-c2cc(C)ccc2C)c1. The summed E-state index contributed by atoms with van der Waals surface area (Å²) in [6, 6.07) is 19.9. The lowest BCUT2D eigenvalue weighted by atomic mass is 10.1. The molecule has 31 heavy (non-hydrogen) atoms. The zero-order chi connectivity index (χ0) is 22.1. The zero-order valence-corrected chi connectivity index (χ0v) is 19.5. The molecule has 0 fully saturated rings. The molecule has 1 heterocycles. The number of halogens is 1. The number of amides is 1. The largest absolute Gasteiger partial charge is 0.319 e. The third kappa shape index (κ3) is 4.44. The average Bonchev–Trinajstić information content (AvgIpc) is 3.17. The van der Waals surface area contributed by atoms with Crippen molar-refractivity contribution in [2.24, 2.45) is 0 Å². The van der Waals surface area contributed by atoms with Gasteiger partial charge in [0.25, 0.3) is 5.91 Å². The molecule has 1 aromatic heterocycles. The number of rotatable bonds is 4. The van der Waals surface area contributed by atoms with Crippen molar-refractivity contribution in [2.75, 3.05) is 5.32 Å². The van der Waals surface area contributed by atoms with E-state index < -0.39 is 0 Å². The van der Waals surface area contributed by atoms with Gasteiger partial charge in [0.1, 0.15) is 0 Å². The minimum absolute atomic E-state index is 0.125. The van der Waals surface area contributed by atoms with E-state index in [0.29, 0.717) is 5.82 Å². The van der Waals surface area contributed by atoms with E-state index in [9.17, 15) is 4.79 Å². The van der Waals surface area contributed by atoms with Gasteiger partial charge in [-0.1, -0.05) is 51.8 Å². The molecule has 5 nitrogen and oxygen atoms in total. The summed E-state index contributed by atoms with van der Waals surface area (Å²) in [5, 5.41) is 7.55. The Morgan fingerprint density at radius 2 is 1.68 bits per heavy atom. The lowest BCUT2D eigenvalue weighted by molar-refractivity contribution is 0.101. The fourth-order valence-electron chi connectivity index (χ4n) is 3.44. The van der Waals surface area contributed by atoms with Crippen LogP contribution in [-0.2, 0) is 0 Å². The first-order valence-corrected chi connectivity index (χ1v) is 10.8. The Hall–Kier alpha value is -3.25. The molecular formula is C25H23BrN4O. The van der Waals surface area contributed by atoms with Crippen LogP contribution in [0.25, 0.3) is 17.1 Å². The van der Waals surface area contributed by atoms with Crippen LogP contribution in [-0.4, -0.2) is 20.7 Å². The predicted octanol–water partition coefficient (Wildman–Crippen LogP) is 6.18. The van der Waals surface area contributed by atoms with Crippen LogP contribution in [0.15, 0.2) is 65.1 Å². The molecule has 0 atom stereocenters. The van der Waals surface area contributed by atoms with Gasteiger partial charge in [0.05, 0.1) is 5.69 Å². The maximum absolute atomic E-state index is 13.0. The van der Waals surface area contributed by atoms with E-state index in [4.69, 9.17) is 0 Å². The molecule has 0 aliphatic rings. The van der Waals surface area contributed by atoms with Gasteiger partial charge in [0.2, 0.25) is 5.82 Å². The molecule has 4 aromatic rings. The molecule has 6 heteroatoms. The first-order valence-electron chi connectivity index (χ1n) is 10.0. The van der Waals surface area contributed by atoms with E-state index in [1.165, 1.54) is 0 Å². The van der Waals surface area contributed by atoms with Crippen molar-refractivity contribution < 1.29 is 4.79 Å². The predicted molar refractivity (Wildman–Crippen MR) is 128 cm³/mol. The number of nitrogens with one attached hydrogen (secondary N) is 1. The monoisotopic (exact) mass is 474 g/mol. The highest BCUT2D eigenvalue weighted by molar-refractivity contribution is 9.10. The Balaban J connectivity index is 1.81. The van der Waals surface area contributed by atoms with E-state index in [2.05, 4.69) is 49.5 Å². The molecular weight excluding hydrogens is 452 g/mol. The van der Waals surface area contributed by atoms with Gasteiger partial charge in [-0.05, 0) is 74.7 Å².